The molecular weight excluding hydrogens is 362 g/mol. The van der Waals surface area contributed by atoms with Gasteiger partial charge in [0, 0.05) is 17.1 Å². The molecule has 0 fully saturated rings. The van der Waals surface area contributed by atoms with E-state index in [1.165, 1.54) is 61.8 Å². The summed E-state index contributed by atoms with van der Waals surface area (Å²) in [6.07, 6.45) is 4.30. The van der Waals surface area contributed by atoms with E-state index in [-0.39, 0.29) is 0 Å². The lowest BCUT2D eigenvalue weighted by atomic mass is 9.89. The van der Waals surface area contributed by atoms with E-state index in [2.05, 4.69) is 93.6 Å². The highest BCUT2D eigenvalue weighted by Gasteiger charge is 2.13. The van der Waals surface area contributed by atoms with E-state index in [4.69, 9.17) is 4.98 Å². The van der Waals surface area contributed by atoms with Gasteiger partial charge in [0.15, 0.2) is 0 Å². The first-order valence-electron chi connectivity index (χ1n) is 11.0. The number of nitrogens with zero attached hydrogens (tertiary/aromatic N) is 1. The van der Waals surface area contributed by atoms with Crippen molar-refractivity contribution in [2.24, 2.45) is 0 Å². The first-order chi connectivity index (χ1) is 14.7. The van der Waals surface area contributed by atoms with Crippen LogP contribution in [0.3, 0.4) is 0 Å². The van der Waals surface area contributed by atoms with Gasteiger partial charge >= 0.3 is 0 Å². The fourth-order valence-electron chi connectivity index (χ4n) is 4.89. The summed E-state index contributed by atoms with van der Waals surface area (Å²) in [7, 11) is 0. The Labute approximate surface area is 178 Å². The molecule has 0 aliphatic heterocycles. The summed E-state index contributed by atoms with van der Waals surface area (Å²) in [6, 6.07) is 26.8. The van der Waals surface area contributed by atoms with Crippen LogP contribution in [-0.4, -0.2) is 4.98 Å². The number of pyridine rings is 1. The molecule has 5 aromatic rings. The van der Waals surface area contributed by atoms with Gasteiger partial charge in [-0.05, 0) is 70.3 Å². The molecule has 5 rings (SSSR count). The average molecular weight is 390 g/mol. The van der Waals surface area contributed by atoms with Gasteiger partial charge in [0.1, 0.15) is 0 Å². The molecule has 1 aromatic heterocycles. The summed E-state index contributed by atoms with van der Waals surface area (Å²) in [5.74, 6) is 0.616. The quantitative estimate of drug-likeness (QED) is 0.281. The van der Waals surface area contributed by atoms with Gasteiger partial charge in [0.2, 0.25) is 0 Å². The Kier molecular flexibility index (Phi) is 4.75. The largest absolute Gasteiger partial charge is 0.256 e. The van der Waals surface area contributed by atoms with E-state index >= 15 is 0 Å². The van der Waals surface area contributed by atoms with Crippen molar-refractivity contribution < 1.29 is 0 Å². The van der Waals surface area contributed by atoms with Crippen molar-refractivity contribution in [3.05, 3.63) is 90.1 Å². The lowest BCUT2D eigenvalue weighted by Crippen LogP contribution is -1.96. The van der Waals surface area contributed by atoms with Crippen LogP contribution in [0.25, 0.3) is 43.6 Å². The second-order valence-electron chi connectivity index (χ2n) is 8.34. The first-order valence-corrected chi connectivity index (χ1v) is 11.0. The van der Waals surface area contributed by atoms with Gasteiger partial charge in [0.05, 0.1) is 5.69 Å². The van der Waals surface area contributed by atoms with Crippen LogP contribution < -0.4 is 0 Å². The Hall–Kier alpha value is -3.19. The molecule has 0 saturated heterocycles. The lowest BCUT2D eigenvalue weighted by molar-refractivity contribution is 0.646. The van der Waals surface area contributed by atoms with Crippen molar-refractivity contribution in [2.45, 2.75) is 39.5 Å². The summed E-state index contributed by atoms with van der Waals surface area (Å²) in [6.45, 7) is 6.72. The highest BCUT2D eigenvalue weighted by molar-refractivity contribution is 6.11. The SMILES string of the molecule is CCC(CC)c1cccc2cc(-c3nccc4c3ccc3cc(C)ccc34)ccc12. The van der Waals surface area contributed by atoms with Crippen molar-refractivity contribution in [1.29, 1.82) is 0 Å². The molecule has 1 heterocycles. The third kappa shape index (κ3) is 3.06. The molecule has 0 unspecified atom stereocenters. The maximum atomic E-state index is 4.80. The van der Waals surface area contributed by atoms with E-state index in [0.29, 0.717) is 5.92 Å². The highest BCUT2D eigenvalue weighted by Crippen LogP contribution is 2.35. The Morgan fingerprint density at radius 1 is 0.700 bits per heavy atom. The maximum Gasteiger partial charge on any atom is 0.0780 e. The lowest BCUT2D eigenvalue weighted by Gasteiger charge is -2.16. The Balaban J connectivity index is 1.71. The number of aromatic nitrogens is 1. The molecule has 0 N–H and O–H groups in total. The number of hydrogen-bond acceptors (Lipinski definition) is 1. The van der Waals surface area contributed by atoms with Gasteiger partial charge in [-0.1, -0.05) is 80.1 Å². The number of aryl methyl sites for hydroxylation is 1. The molecule has 0 bridgehead atoms. The smallest absolute Gasteiger partial charge is 0.0780 e. The van der Waals surface area contributed by atoms with E-state index in [1.807, 2.05) is 6.20 Å². The van der Waals surface area contributed by atoms with Crippen LogP contribution in [0.5, 0.6) is 0 Å². The zero-order valence-corrected chi connectivity index (χ0v) is 17.9. The predicted molar refractivity (Wildman–Crippen MR) is 130 cm³/mol. The summed E-state index contributed by atoms with van der Waals surface area (Å²) in [5.41, 5.74) is 5.00. The zero-order valence-electron chi connectivity index (χ0n) is 17.9. The summed E-state index contributed by atoms with van der Waals surface area (Å²) >= 11 is 0. The molecule has 1 heteroatoms. The third-order valence-corrected chi connectivity index (χ3v) is 6.53. The molecule has 1 nitrogen and oxygen atoms in total. The van der Waals surface area contributed by atoms with Gasteiger partial charge in [-0.3, -0.25) is 4.98 Å². The second-order valence-corrected chi connectivity index (χ2v) is 8.34. The third-order valence-electron chi connectivity index (χ3n) is 6.53. The van der Waals surface area contributed by atoms with E-state index in [1.54, 1.807) is 0 Å². The number of rotatable bonds is 4. The van der Waals surface area contributed by atoms with Crippen molar-refractivity contribution in [1.82, 2.24) is 4.98 Å². The monoisotopic (exact) mass is 389 g/mol. The topological polar surface area (TPSA) is 12.9 Å². The van der Waals surface area contributed by atoms with Crippen molar-refractivity contribution in [3.63, 3.8) is 0 Å². The van der Waals surface area contributed by atoms with Crippen LogP contribution in [0.1, 0.15) is 43.7 Å². The number of fused-ring (bicyclic) bond motifs is 4. The number of hydrogen-bond donors (Lipinski definition) is 0. The molecule has 0 spiro atoms. The summed E-state index contributed by atoms with van der Waals surface area (Å²) in [5, 5.41) is 7.72. The van der Waals surface area contributed by atoms with Crippen LogP contribution in [0.4, 0.5) is 0 Å². The molecule has 30 heavy (non-hydrogen) atoms. The molecule has 148 valence electrons. The van der Waals surface area contributed by atoms with Crippen LogP contribution in [0.2, 0.25) is 0 Å². The fraction of sp³-hybridized carbons (Fsp3) is 0.207. The van der Waals surface area contributed by atoms with Crippen molar-refractivity contribution >= 4 is 32.3 Å². The van der Waals surface area contributed by atoms with Gasteiger partial charge < -0.3 is 0 Å². The predicted octanol–water partition coefficient (Wildman–Crippen LogP) is 8.42. The molecule has 0 aliphatic carbocycles. The molecule has 0 radical (unpaired) electrons. The van der Waals surface area contributed by atoms with Crippen LogP contribution >= 0.6 is 0 Å². The van der Waals surface area contributed by atoms with Gasteiger partial charge in [0.25, 0.3) is 0 Å². The van der Waals surface area contributed by atoms with E-state index in [0.717, 1.165) is 5.69 Å². The normalized spacial score (nSPS) is 11.7. The Morgan fingerprint density at radius 3 is 2.30 bits per heavy atom. The minimum atomic E-state index is 0.616. The zero-order chi connectivity index (χ0) is 20.7. The Bertz CT molecular complexity index is 1380. The van der Waals surface area contributed by atoms with Crippen LogP contribution in [-0.2, 0) is 0 Å². The molecule has 0 atom stereocenters. The van der Waals surface area contributed by atoms with Crippen LogP contribution in [0, 0.1) is 6.92 Å². The van der Waals surface area contributed by atoms with Crippen molar-refractivity contribution in [3.8, 4) is 11.3 Å². The van der Waals surface area contributed by atoms with Gasteiger partial charge in [-0.25, -0.2) is 0 Å². The van der Waals surface area contributed by atoms with Gasteiger partial charge in [-0.15, -0.1) is 0 Å². The van der Waals surface area contributed by atoms with Crippen LogP contribution in [0.15, 0.2) is 79.0 Å². The first kappa shape index (κ1) is 18.8. The molecule has 0 saturated carbocycles. The molecule has 4 aromatic carbocycles. The summed E-state index contributed by atoms with van der Waals surface area (Å²) < 4.78 is 0. The van der Waals surface area contributed by atoms with Crippen molar-refractivity contribution in [2.75, 3.05) is 0 Å². The maximum absolute atomic E-state index is 4.80. The highest BCUT2D eigenvalue weighted by atomic mass is 14.7. The molecule has 0 aliphatic rings. The van der Waals surface area contributed by atoms with E-state index < -0.39 is 0 Å². The Morgan fingerprint density at radius 2 is 1.47 bits per heavy atom. The fourth-order valence-corrected chi connectivity index (χ4v) is 4.89. The molecular formula is C29H27N. The minimum absolute atomic E-state index is 0.616. The van der Waals surface area contributed by atoms with Gasteiger partial charge in [-0.2, -0.15) is 0 Å². The number of benzene rings is 4. The van der Waals surface area contributed by atoms with E-state index in [9.17, 15) is 0 Å². The molecule has 0 amide bonds. The average Bonchev–Trinajstić information content (AvgIpc) is 2.79. The minimum Gasteiger partial charge on any atom is -0.256 e. The second kappa shape index (κ2) is 7.57. The summed E-state index contributed by atoms with van der Waals surface area (Å²) in [4.78, 5) is 4.80. The standard InChI is InChI=1S/C29H27N/c1-4-20(5-2)24-8-6-7-21-18-23(11-13-25(21)24)29-28-14-10-22-17-19(3)9-12-26(22)27(28)15-16-30-29/h6-18,20H,4-5H2,1-3H3.